The van der Waals surface area contributed by atoms with Crippen molar-refractivity contribution in [3.8, 4) is 11.5 Å². The van der Waals surface area contributed by atoms with Gasteiger partial charge in [0.25, 0.3) is 0 Å². The fourth-order valence-electron chi connectivity index (χ4n) is 2.40. The van der Waals surface area contributed by atoms with Crippen molar-refractivity contribution in [2.24, 2.45) is 0 Å². The average molecular weight is 308 g/mol. The molecule has 0 aliphatic rings. The number of H-pyrrole nitrogens is 2. The number of aromatic nitrogens is 6. The fraction of sp³-hybridized carbons (Fsp3) is 0.294. The predicted octanol–water partition coefficient (Wildman–Crippen LogP) is 3.83. The van der Waals surface area contributed by atoms with Crippen LogP contribution in [0.15, 0.2) is 30.9 Å². The van der Waals surface area contributed by atoms with E-state index in [0.717, 1.165) is 39.3 Å². The molecule has 0 aliphatic carbocycles. The highest BCUT2D eigenvalue weighted by molar-refractivity contribution is 5.92. The van der Waals surface area contributed by atoms with Crippen molar-refractivity contribution in [1.82, 2.24) is 29.9 Å². The molecular weight excluding hydrogens is 288 g/mol. The Morgan fingerprint density at radius 2 is 1.74 bits per heavy atom. The lowest BCUT2D eigenvalue weighted by atomic mass is 9.93. The number of hydrogen-bond acceptors (Lipinski definition) is 4. The monoisotopic (exact) mass is 308 g/mol. The van der Waals surface area contributed by atoms with E-state index in [1.165, 1.54) is 0 Å². The Balaban J connectivity index is 0.00000156. The highest BCUT2D eigenvalue weighted by atomic mass is 15.0. The maximum atomic E-state index is 4.59. The van der Waals surface area contributed by atoms with E-state index in [0.29, 0.717) is 0 Å². The lowest BCUT2D eigenvalue weighted by molar-refractivity contribution is 0.565. The molecule has 6 heteroatoms. The first-order valence-corrected chi connectivity index (χ1v) is 7.16. The molecule has 23 heavy (non-hydrogen) atoms. The van der Waals surface area contributed by atoms with E-state index < -0.39 is 0 Å². The molecule has 0 fully saturated rings. The Hall–Kier alpha value is -2.76. The second-order valence-electron chi connectivity index (χ2n) is 6.41. The van der Waals surface area contributed by atoms with E-state index in [-0.39, 0.29) is 12.8 Å². The van der Waals surface area contributed by atoms with Crippen LogP contribution in [0.3, 0.4) is 0 Å². The van der Waals surface area contributed by atoms with Crippen LogP contribution in [0.5, 0.6) is 0 Å². The molecule has 0 unspecified atom stereocenters. The summed E-state index contributed by atoms with van der Waals surface area (Å²) in [7, 11) is 0. The van der Waals surface area contributed by atoms with Gasteiger partial charge < -0.3 is 9.97 Å². The van der Waals surface area contributed by atoms with Gasteiger partial charge in [0, 0.05) is 11.6 Å². The van der Waals surface area contributed by atoms with Crippen molar-refractivity contribution >= 4 is 22.1 Å². The first kappa shape index (κ1) is 15.1. The number of benzene rings is 1. The first-order valence-electron chi connectivity index (χ1n) is 7.16. The van der Waals surface area contributed by atoms with Crippen LogP contribution in [0.4, 0.5) is 0 Å². The predicted molar refractivity (Wildman–Crippen MR) is 92.2 cm³/mol. The van der Waals surface area contributed by atoms with Crippen LogP contribution >= 0.6 is 0 Å². The Labute approximate surface area is 134 Å². The Kier molecular flexibility index (Phi) is 3.39. The third-order valence-electron chi connectivity index (χ3n) is 3.69. The van der Waals surface area contributed by atoms with Gasteiger partial charge >= 0.3 is 0 Å². The number of imidazole rings is 2. The topological polar surface area (TPSA) is 83.1 Å². The van der Waals surface area contributed by atoms with Crippen LogP contribution in [0.2, 0.25) is 0 Å². The van der Waals surface area contributed by atoms with Gasteiger partial charge in [0.1, 0.15) is 5.69 Å². The number of nitrogens with one attached hydrogen (secondary N) is 2. The van der Waals surface area contributed by atoms with Gasteiger partial charge in [-0.1, -0.05) is 28.2 Å². The second-order valence-corrected chi connectivity index (χ2v) is 6.41. The van der Waals surface area contributed by atoms with Crippen molar-refractivity contribution in [1.29, 1.82) is 0 Å². The van der Waals surface area contributed by atoms with E-state index in [1.807, 2.05) is 18.3 Å². The van der Waals surface area contributed by atoms with Gasteiger partial charge in [0.15, 0.2) is 5.82 Å². The molecule has 6 nitrogen and oxygen atoms in total. The molecule has 0 aliphatic heterocycles. The molecule has 3 heterocycles. The minimum Gasteiger partial charge on any atom is -0.345 e. The summed E-state index contributed by atoms with van der Waals surface area (Å²) < 4.78 is 0. The number of fused-ring (bicyclic) bond motifs is 2. The molecule has 0 bridgehead atoms. The van der Waals surface area contributed by atoms with E-state index in [1.54, 1.807) is 12.5 Å². The van der Waals surface area contributed by atoms with Gasteiger partial charge in [0.2, 0.25) is 0 Å². The summed E-state index contributed by atoms with van der Waals surface area (Å²) in [5, 5.41) is 0. The lowest BCUT2D eigenvalue weighted by Gasteiger charge is -2.16. The van der Waals surface area contributed by atoms with E-state index in [4.69, 9.17) is 0 Å². The summed E-state index contributed by atoms with van der Waals surface area (Å²) in [5.41, 5.74) is 5.40. The molecule has 0 amide bonds. The molecule has 3 aromatic heterocycles. The van der Waals surface area contributed by atoms with Crippen LogP contribution in [0.25, 0.3) is 33.6 Å². The quantitative estimate of drug-likeness (QED) is 0.560. The molecule has 0 spiro atoms. The standard InChI is InChI=1S/C16H16N6.CH4/c1-16(2,3)14-7-17-13(6-18-14)15-21-11-4-9-10(20-8-19-9)5-12(11)22-15;/h4-8H,1-3H3,(H,19,20)(H,21,22);1H4. The second kappa shape index (κ2) is 5.15. The molecular formula is C17H20N6. The van der Waals surface area contributed by atoms with Crippen molar-refractivity contribution in [2.75, 3.05) is 0 Å². The maximum Gasteiger partial charge on any atom is 0.158 e. The number of hydrogen-bond donors (Lipinski definition) is 2. The third-order valence-corrected chi connectivity index (χ3v) is 3.69. The lowest BCUT2D eigenvalue weighted by Crippen LogP contribution is -2.13. The van der Waals surface area contributed by atoms with Gasteiger partial charge in [-0.15, -0.1) is 0 Å². The van der Waals surface area contributed by atoms with Gasteiger partial charge in [-0.25, -0.2) is 15.0 Å². The SMILES string of the molecule is C.CC(C)(C)c1cnc(-c2nc3cc4nc[nH]c4cc3[nH]2)cn1. The van der Waals surface area contributed by atoms with Crippen molar-refractivity contribution in [3.05, 3.63) is 36.5 Å². The Morgan fingerprint density at radius 3 is 2.43 bits per heavy atom. The fourth-order valence-corrected chi connectivity index (χ4v) is 2.40. The number of aromatic amines is 2. The van der Waals surface area contributed by atoms with E-state index >= 15 is 0 Å². The molecule has 0 saturated carbocycles. The average Bonchev–Trinajstić information content (AvgIpc) is 3.09. The smallest absolute Gasteiger partial charge is 0.158 e. The number of rotatable bonds is 1. The Morgan fingerprint density at radius 1 is 0.913 bits per heavy atom. The minimum atomic E-state index is -0.0100. The van der Waals surface area contributed by atoms with E-state index in [2.05, 4.69) is 50.7 Å². The van der Waals surface area contributed by atoms with Crippen molar-refractivity contribution in [3.63, 3.8) is 0 Å². The molecule has 0 saturated heterocycles. The van der Waals surface area contributed by atoms with Gasteiger partial charge in [-0.3, -0.25) is 4.98 Å². The van der Waals surface area contributed by atoms with Gasteiger partial charge in [-0.2, -0.15) is 0 Å². The number of nitrogens with zero attached hydrogens (tertiary/aromatic N) is 4. The van der Waals surface area contributed by atoms with Gasteiger partial charge in [0.05, 0.1) is 40.3 Å². The largest absolute Gasteiger partial charge is 0.345 e. The minimum absolute atomic E-state index is 0. The van der Waals surface area contributed by atoms with Crippen LogP contribution in [0.1, 0.15) is 33.9 Å². The Bertz CT molecular complexity index is 908. The maximum absolute atomic E-state index is 4.59. The molecule has 1 aromatic carbocycles. The summed E-state index contributed by atoms with van der Waals surface area (Å²) in [6, 6.07) is 3.96. The molecule has 118 valence electrons. The molecule has 0 atom stereocenters. The van der Waals surface area contributed by atoms with Crippen molar-refractivity contribution < 1.29 is 0 Å². The van der Waals surface area contributed by atoms with Gasteiger partial charge in [-0.05, 0) is 12.1 Å². The molecule has 2 N–H and O–H groups in total. The zero-order valence-corrected chi connectivity index (χ0v) is 12.7. The summed E-state index contributed by atoms with van der Waals surface area (Å²) >= 11 is 0. The highest BCUT2D eigenvalue weighted by Crippen LogP contribution is 2.24. The van der Waals surface area contributed by atoms with Crippen LogP contribution in [-0.2, 0) is 5.41 Å². The molecule has 4 rings (SSSR count). The summed E-state index contributed by atoms with van der Waals surface area (Å²) in [6.07, 6.45) is 5.26. The summed E-state index contributed by atoms with van der Waals surface area (Å²) in [5.74, 6) is 0.718. The van der Waals surface area contributed by atoms with Crippen LogP contribution in [-0.4, -0.2) is 29.9 Å². The van der Waals surface area contributed by atoms with Crippen LogP contribution < -0.4 is 0 Å². The zero-order valence-electron chi connectivity index (χ0n) is 12.7. The normalized spacial score (nSPS) is 11.8. The summed E-state index contributed by atoms with van der Waals surface area (Å²) in [4.78, 5) is 24.2. The van der Waals surface area contributed by atoms with Crippen molar-refractivity contribution in [2.45, 2.75) is 33.6 Å². The molecule has 0 radical (unpaired) electrons. The molecule has 4 aromatic rings. The third kappa shape index (κ3) is 2.56. The van der Waals surface area contributed by atoms with E-state index in [9.17, 15) is 0 Å². The zero-order chi connectivity index (χ0) is 15.3. The highest BCUT2D eigenvalue weighted by Gasteiger charge is 2.16. The van der Waals surface area contributed by atoms with Crippen LogP contribution in [0, 0.1) is 0 Å². The first-order chi connectivity index (χ1) is 10.5. The summed E-state index contributed by atoms with van der Waals surface area (Å²) in [6.45, 7) is 6.35.